The van der Waals surface area contributed by atoms with Gasteiger partial charge in [0.1, 0.15) is 5.92 Å². The van der Waals surface area contributed by atoms with Crippen molar-refractivity contribution in [2.75, 3.05) is 6.54 Å². The lowest BCUT2D eigenvalue weighted by atomic mass is 9.81. The number of fused-ring (bicyclic) bond motifs is 1. The van der Waals surface area contributed by atoms with Gasteiger partial charge in [-0.2, -0.15) is 5.26 Å². The quantitative estimate of drug-likeness (QED) is 0.785. The first-order valence-electron chi connectivity index (χ1n) is 7.82. The molecule has 1 saturated carbocycles. The third kappa shape index (κ3) is 2.74. The first-order valence-corrected chi connectivity index (χ1v) is 7.82. The van der Waals surface area contributed by atoms with Gasteiger partial charge >= 0.3 is 0 Å². The van der Waals surface area contributed by atoms with Crippen LogP contribution < -0.4 is 0 Å². The largest absolute Gasteiger partial charge is 0.296 e. The Morgan fingerprint density at radius 1 is 1.26 bits per heavy atom. The first kappa shape index (κ1) is 15.3. The van der Waals surface area contributed by atoms with Crippen LogP contribution in [0.15, 0.2) is 24.4 Å². The van der Waals surface area contributed by atoms with E-state index in [0.717, 1.165) is 17.7 Å². The van der Waals surface area contributed by atoms with Gasteiger partial charge < -0.3 is 0 Å². The smallest absolute Gasteiger partial charge is 0.233 e. The van der Waals surface area contributed by atoms with Crippen LogP contribution in [0.3, 0.4) is 0 Å². The second-order valence-electron chi connectivity index (χ2n) is 6.04. The Hall–Kier alpha value is -2.55. The summed E-state index contributed by atoms with van der Waals surface area (Å²) in [5.74, 6) is -2.60. The van der Waals surface area contributed by atoms with Gasteiger partial charge in [-0.05, 0) is 25.0 Å². The molecular formula is C17H17N3O3. The van der Waals surface area contributed by atoms with Crippen molar-refractivity contribution in [1.29, 1.82) is 5.26 Å². The summed E-state index contributed by atoms with van der Waals surface area (Å²) in [6.07, 6.45) is 4.81. The molecule has 3 rings (SSSR count). The van der Waals surface area contributed by atoms with E-state index in [2.05, 4.69) is 4.98 Å². The van der Waals surface area contributed by atoms with Crippen molar-refractivity contribution in [3.63, 3.8) is 0 Å². The molecule has 23 heavy (non-hydrogen) atoms. The van der Waals surface area contributed by atoms with Gasteiger partial charge in [0.25, 0.3) is 0 Å². The molecule has 6 nitrogen and oxygen atoms in total. The number of ketones is 1. The number of carbonyl (C=O) groups is 3. The molecule has 1 aromatic heterocycles. The summed E-state index contributed by atoms with van der Waals surface area (Å²) in [6, 6.07) is 6.91. The van der Waals surface area contributed by atoms with Crippen LogP contribution in [0, 0.1) is 23.2 Å². The Bertz CT molecular complexity index is 656. The molecule has 0 spiro atoms. The number of likely N-dealkylation sites (tertiary alicyclic amines) is 1. The van der Waals surface area contributed by atoms with Gasteiger partial charge in [0.2, 0.25) is 11.8 Å². The van der Waals surface area contributed by atoms with Gasteiger partial charge in [-0.25, -0.2) is 0 Å². The van der Waals surface area contributed by atoms with Crippen LogP contribution in [0.2, 0.25) is 0 Å². The van der Waals surface area contributed by atoms with E-state index < -0.39 is 11.7 Å². The molecule has 2 heterocycles. The monoisotopic (exact) mass is 311 g/mol. The van der Waals surface area contributed by atoms with Crippen molar-refractivity contribution >= 4 is 17.6 Å². The van der Waals surface area contributed by atoms with Gasteiger partial charge in [0.05, 0.1) is 30.1 Å². The maximum absolute atomic E-state index is 12.4. The molecule has 118 valence electrons. The Balaban J connectivity index is 1.76. The number of hydrogen-bond donors (Lipinski definition) is 0. The number of nitriles is 1. The third-order valence-corrected chi connectivity index (χ3v) is 4.68. The molecule has 6 heteroatoms. The number of nitrogens with zero attached hydrogens (tertiary/aromatic N) is 3. The summed E-state index contributed by atoms with van der Waals surface area (Å²) in [7, 11) is 0. The highest BCUT2D eigenvalue weighted by atomic mass is 16.2. The lowest BCUT2D eigenvalue weighted by Crippen LogP contribution is -2.37. The lowest BCUT2D eigenvalue weighted by molar-refractivity contribution is -0.143. The molecular weight excluding hydrogens is 294 g/mol. The van der Waals surface area contributed by atoms with Gasteiger partial charge in [0, 0.05) is 6.20 Å². The first-order chi connectivity index (χ1) is 11.1. The summed E-state index contributed by atoms with van der Waals surface area (Å²) in [4.78, 5) is 42.3. The van der Waals surface area contributed by atoms with Crippen molar-refractivity contribution in [2.45, 2.75) is 31.6 Å². The molecule has 3 atom stereocenters. The molecule has 2 aliphatic rings. The predicted molar refractivity (Wildman–Crippen MR) is 79.8 cm³/mol. The number of amides is 2. The zero-order valence-electron chi connectivity index (χ0n) is 12.6. The third-order valence-electron chi connectivity index (χ3n) is 4.68. The second-order valence-corrected chi connectivity index (χ2v) is 6.04. The van der Waals surface area contributed by atoms with Crippen LogP contribution in [0.5, 0.6) is 0 Å². The van der Waals surface area contributed by atoms with Crippen LogP contribution >= 0.6 is 0 Å². The highest BCUT2D eigenvalue weighted by Crippen LogP contribution is 2.38. The molecule has 0 bridgehead atoms. The standard InChI is InChI=1S/C17H17N3O3/c18-9-13(14-7-3-4-8-19-14)15(21)10-20-16(22)11-5-1-2-6-12(11)17(20)23/h3-4,7-8,11-13H,1-2,5-6,10H2/t11-,12+,13-/m0/s1. The van der Waals surface area contributed by atoms with Crippen LogP contribution in [0.1, 0.15) is 37.3 Å². The van der Waals surface area contributed by atoms with Crippen molar-refractivity contribution in [2.24, 2.45) is 11.8 Å². The summed E-state index contributed by atoms with van der Waals surface area (Å²) < 4.78 is 0. The summed E-state index contributed by atoms with van der Waals surface area (Å²) in [6.45, 7) is -0.334. The van der Waals surface area contributed by atoms with E-state index in [4.69, 9.17) is 0 Å². The molecule has 0 unspecified atom stereocenters. The Morgan fingerprint density at radius 2 is 1.91 bits per heavy atom. The molecule has 2 fully saturated rings. The molecule has 1 aliphatic carbocycles. The minimum Gasteiger partial charge on any atom is -0.296 e. The molecule has 0 N–H and O–H groups in total. The molecule has 1 aromatic rings. The zero-order valence-corrected chi connectivity index (χ0v) is 12.6. The molecule has 0 radical (unpaired) electrons. The molecule has 1 aliphatic heterocycles. The van der Waals surface area contributed by atoms with E-state index in [0.29, 0.717) is 18.5 Å². The van der Waals surface area contributed by atoms with E-state index in [1.807, 2.05) is 6.07 Å². The molecule has 0 aromatic carbocycles. The number of pyridine rings is 1. The lowest BCUT2D eigenvalue weighted by Gasteiger charge is -2.19. The van der Waals surface area contributed by atoms with Gasteiger partial charge in [0.15, 0.2) is 5.78 Å². The minimum atomic E-state index is -1.06. The fraction of sp³-hybridized carbons (Fsp3) is 0.471. The van der Waals surface area contributed by atoms with Crippen molar-refractivity contribution < 1.29 is 14.4 Å². The van der Waals surface area contributed by atoms with Gasteiger partial charge in [-0.3, -0.25) is 24.3 Å². The number of aromatic nitrogens is 1. The van der Waals surface area contributed by atoms with E-state index in [1.54, 1.807) is 18.2 Å². The average Bonchev–Trinajstić information content (AvgIpc) is 2.82. The van der Waals surface area contributed by atoms with E-state index >= 15 is 0 Å². The fourth-order valence-electron chi connectivity index (χ4n) is 3.48. The van der Waals surface area contributed by atoms with Crippen molar-refractivity contribution in [3.05, 3.63) is 30.1 Å². The minimum absolute atomic E-state index is 0.259. The number of rotatable bonds is 4. The Kier molecular flexibility index (Phi) is 4.20. The summed E-state index contributed by atoms with van der Waals surface area (Å²) in [5.41, 5.74) is 0.344. The Morgan fingerprint density at radius 3 is 2.43 bits per heavy atom. The summed E-state index contributed by atoms with van der Waals surface area (Å²) in [5, 5.41) is 9.26. The van der Waals surface area contributed by atoms with Crippen LogP contribution in [-0.4, -0.2) is 34.0 Å². The topological polar surface area (TPSA) is 91.1 Å². The summed E-state index contributed by atoms with van der Waals surface area (Å²) >= 11 is 0. The van der Waals surface area contributed by atoms with Crippen molar-refractivity contribution in [3.8, 4) is 6.07 Å². The maximum atomic E-state index is 12.4. The predicted octanol–water partition coefficient (Wildman–Crippen LogP) is 1.43. The van der Waals surface area contributed by atoms with Gasteiger partial charge in [-0.15, -0.1) is 0 Å². The number of carbonyl (C=O) groups excluding carboxylic acids is 3. The maximum Gasteiger partial charge on any atom is 0.233 e. The highest BCUT2D eigenvalue weighted by Gasteiger charge is 2.48. The zero-order chi connectivity index (χ0) is 16.4. The van der Waals surface area contributed by atoms with E-state index in [9.17, 15) is 19.6 Å². The normalized spacial score (nSPS) is 24.9. The second kappa shape index (κ2) is 6.29. The number of hydrogen-bond acceptors (Lipinski definition) is 5. The van der Waals surface area contributed by atoms with Crippen LogP contribution in [0.4, 0.5) is 0 Å². The number of Topliss-reactive ketones (excluding diaryl/α,β-unsaturated/α-hetero) is 1. The van der Waals surface area contributed by atoms with E-state index in [1.165, 1.54) is 6.20 Å². The van der Waals surface area contributed by atoms with E-state index in [-0.39, 0.29) is 30.2 Å². The average molecular weight is 311 g/mol. The van der Waals surface area contributed by atoms with Gasteiger partial charge in [-0.1, -0.05) is 18.9 Å². The molecule has 2 amide bonds. The number of imide groups is 1. The van der Waals surface area contributed by atoms with Crippen LogP contribution in [0.25, 0.3) is 0 Å². The Labute approximate surface area is 134 Å². The van der Waals surface area contributed by atoms with Crippen LogP contribution in [-0.2, 0) is 14.4 Å². The SMILES string of the molecule is N#C[C@H](C(=O)CN1C(=O)[C@H]2CCCC[C@H]2C1=O)c1ccccn1. The van der Waals surface area contributed by atoms with Crippen molar-refractivity contribution in [1.82, 2.24) is 9.88 Å². The fourth-order valence-corrected chi connectivity index (χ4v) is 3.48. The molecule has 1 saturated heterocycles. The highest BCUT2D eigenvalue weighted by molar-refractivity contribution is 6.08.